The average molecular weight is 375 g/mol. The molecule has 1 aromatic heterocycles. The molecule has 1 unspecified atom stereocenters. The van der Waals surface area contributed by atoms with Crippen LogP contribution in [0.3, 0.4) is 0 Å². The third-order valence-electron chi connectivity index (χ3n) is 3.16. The van der Waals surface area contributed by atoms with Gasteiger partial charge in [0.05, 0.1) is 4.34 Å². The van der Waals surface area contributed by atoms with Crippen molar-refractivity contribution in [3.63, 3.8) is 0 Å². The third kappa shape index (κ3) is 2.96. The van der Waals surface area contributed by atoms with Crippen LogP contribution in [0.15, 0.2) is 28.7 Å². The van der Waals surface area contributed by atoms with Crippen molar-refractivity contribution in [2.75, 3.05) is 6.79 Å². The summed E-state index contributed by atoms with van der Waals surface area (Å²) in [5, 5.41) is 3.49. The Morgan fingerprint density at radius 1 is 1.35 bits per heavy atom. The predicted molar refractivity (Wildman–Crippen MR) is 84.8 cm³/mol. The molecule has 1 N–H and O–H groups in total. The van der Waals surface area contributed by atoms with E-state index in [9.17, 15) is 0 Å². The highest BCUT2D eigenvalue weighted by molar-refractivity contribution is 9.10. The molecule has 0 amide bonds. The molecule has 20 heavy (non-hydrogen) atoms. The van der Waals surface area contributed by atoms with Crippen molar-refractivity contribution in [2.45, 2.75) is 19.5 Å². The van der Waals surface area contributed by atoms with Gasteiger partial charge < -0.3 is 14.8 Å². The highest BCUT2D eigenvalue weighted by Crippen LogP contribution is 2.37. The number of thiophene rings is 1. The Bertz CT molecular complexity index is 632. The monoisotopic (exact) mass is 373 g/mol. The van der Waals surface area contributed by atoms with Crippen LogP contribution >= 0.6 is 38.9 Å². The van der Waals surface area contributed by atoms with Crippen LogP contribution < -0.4 is 14.8 Å². The molecular formula is C14H13BrClNO2S. The summed E-state index contributed by atoms with van der Waals surface area (Å²) >= 11 is 11.1. The fourth-order valence-corrected chi connectivity index (χ4v) is 3.57. The lowest BCUT2D eigenvalue weighted by molar-refractivity contribution is 0.174. The quantitative estimate of drug-likeness (QED) is 0.838. The minimum absolute atomic E-state index is 0.254. The lowest BCUT2D eigenvalue weighted by atomic mass is 10.2. The molecule has 0 bridgehead atoms. The van der Waals surface area contributed by atoms with Crippen molar-refractivity contribution in [3.05, 3.63) is 43.5 Å². The molecule has 0 spiro atoms. The number of benzene rings is 1. The van der Waals surface area contributed by atoms with Gasteiger partial charge in [0.25, 0.3) is 0 Å². The summed E-state index contributed by atoms with van der Waals surface area (Å²) in [7, 11) is 0. The molecule has 1 atom stereocenters. The first-order chi connectivity index (χ1) is 9.63. The van der Waals surface area contributed by atoms with Crippen LogP contribution in [0.5, 0.6) is 11.5 Å². The highest BCUT2D eigenvalue weighted by atomic mass is 79.9. The minimum Gasteiger partial charge on any atom is -0.454 e. The average Bonchev–Trinajstić information content (AvgIpc) is 3.04. The van der Waals surface area contributed by atoms with Gasteiger partial charge in [-0.3, -0.25) is 0 Å². The maximum atomic E-state index is 5.96. The van der Waals surface area contributed by atoms with E-state index in [1.54, 1.807) is 11.3 Å². The van der Waals surface area contributed by atoms with Crippen LogP contribution in [0, 0.1) is 0 Å². The van der Waals surface area contributed by atoms with Crippen LogP contribution in [0.2, 0.25) is 4.34 Å². The van der Waals surface area contributed by atoms with Crippen molar-refractivity contribution < 1.29 is 9.47 Å². The largest absolute Gasteiger partial charge is 0.454 e. The molecule has 2 heterocycles. The summed E-state index contributed by atoms with van der Waals surface area (Å²) in [6.07, 6.45) is 0. The SMILES string of the molecule is CC(NCc1cc2c(cc1Br)OCO2)c1ccc(Cl)s1. The van der Waals surface area contributed by atoms with Crippen molar-refractivity contribution in [1.82, 2.24) is 5.32 Å². The van der Waals surface area contributed by atoms with Crippen LogP contribution in [-0.4, -0.2) is 6.79 Å². The van der Waals surface area contributed by atoms with E-state index < -0.39 is 0 Å². The third-order valence-corrected chi connectivity index (χ3v) is 5.31. The topological polar surface area (TPSA) is 30.5 Å². The standard InChI is InChI=1S/C14H13BrClNO2S/c1-8(13-2-3-14(16)20-13)17-6-9-4-11-12(5-10(9)15)19-7-18-11/h2-5,8,17H,6-7H2,1H3. The lowest BCUT2D eigenvalue weighted by Gasteiger charge is -2.13. The number of ether oxygens (including phenoxy) is 2. The summed E-state index contributed by atoms with van der Waals surface area (Å²) < 4.78 is 12.6. The molecule has 1 aromatic carbocycles. The molecule has 3 nitrogen and oxygen atoms in total. The Kier molecular flexibility index (Phi) is 4.21. The summed E-state index contributed by atoms with van der Waals surface area (Å²) in [6.45, 7) is 3.17. The molecule has 0 radical (unpaired) electrons. The van der Waals surface area contributed by atoms with E-state index in [0.29, 0.717) is 6.79 Å². The zero-order valence-electron chi connectivity index (χ0n) is 10.8. The Balaban J connectivity index is 1.69. The lowest BCUT2D eigenvalue weighted by Crippen LogP contribution is -2.17. The molecule has 0 saturated carbocycles. The van der Waals surface area contributed by atoms with Gasteiger partial charge in [-0.2, -0.15) is 0 Å². The molecule has 0 saturated heterocycles. The van der Waals surface area contributed by atoms with E-state index in [1.807, 2.05) is 18.2 Å². The summed E-state index contributed by atoms with van der Waals surface area (Å²) in [6, 6.07) is 8.19. The molecule has 2 aromatic rings. The zero-order chi connectivity index (χ0) is 14.1. The molecule has 6 heteroatoms. The number of fused-ring (bicyclic) bond motifs is 1. The first-order valence-corrected chi connectivity index (χ1v) is 8.19. The van der Waals surface area contributed by atoms with Crippen LogP contribution in [0.25, 0.3) is 0 Å². The maximum absolute atomic E-state index is 5.96. The number of halogens is 2. The smallest absolute Gasteiger partial charge is 0.231 e. The Morgan fingerprint density at radius 2 is 2.10 bits per heavy atom. The van der Waals surface area contributed by atoms with E-state index in [0.717, 1.165) is 32.4 Å². The van der Waals surface area contributed by atoms with Crippen LogP contribution in [-0.2, 0) is 6.54 Å². The van der Waals surface area contributed by atoms with Crippen molar-refractivity contribution in [3.8, 4) is 11.5 Å². The second kappa shape index (κ2) is 5.93. The van der Waals surface area contributed by atoms with Crippen molar-refractivity contribution >= 4 is 38.9 Å². The van der Waals surface area contributed by atoms with Gasteiger partial charge in [-0.05, 0) is 36.8 Å². The number of hydrogen-bond donors (Lipinski definition) is 1. The van der Waals surface area contributed by atoms with Crippen molar-refractivity contribution in [2.24, 2.45) is 0 Å². The van der Waals surface area contributed by atoms with Gasteiger partial charge in [0.2, 0.25) is 6.79 Å². The van der Waals surface area contributed by atoms with Gasteiger partial charge in [0.1, 0.15) is 0 Å². The molecular weight excluding hydrogens is 362 g/mol. The molecule has 3 rings (SSSR count). The Morgan fingerprint density at radius 3 is 2.80 bits per heavy atom. The number of hydrogen-bond acceptors (Lipinski definition) is 4. The van der Waals surface area contributed by atoms with Crippen LogP contribution in [0.4, 0.5) is 0 Å². The molecule has 1 aliphatic heterocycles. The maximum Gasteiger partial charge on any atom is 0.231 e. The summed E-state index contributed by atoms with van der Waals surface area (Å²) in [5.41, 5.74) is 1.14. The molecule has 0 fully saturated rings. The molecule has 106 valence electrons. The number of rotatable bonds is 4. The summed E-state index contributed by atoms with van der Waals surface area (Å²) in [5.74, 6) is 1.59. The van der Waals surface area contributed by atoms with Gasteiger partial charge in [-0.15, -0.1) is 11.3 Å². The van der Waals surface area contributed by atoms with Gasteiger partial charge in [0, 0.05) is 21.9 Å². The van der Waals surface area contributed by atoms with E-state index in [-0.39, 0.29) is 6.04 Å². The second-order valence-electron chi connectivity index (χ2n) is 4.54. The Hall–Kier alpha value is -0.750. The van der Waals surface area contributed by atoms with Gasteiger partial charge in [-0.1, -0.05) is 27.5 Å². The Labute approximate surface area is 135 Å². The predicted octanol–water partition coefficient (Wildman–Crippen LogP) is 4.74. The van der Waals surface area contributed by atoms with Gasteiger partial charge in [-0.25, -0.2) is 0 Å². The molecule has 1 aliphatic rings. The second-order valence-corrected chi connectivity index (χ2v) is 7.14. The normalized spacial score (nSPS) is 14.6. The first kappa shape index (κ1) is 14.2. The highest BCUT2D eigenvalue weighted by Gasteiger charge is 2.17. The zero-order valence-corrected chi connectivity index (χ0v) is 13.9. The fraction of sp³-hybridized carbons (Fsp3) is 0.286. The van der Waals surface area contributed by atoms with E-state index in [4.69, 9.17) is 21.1 Å². The first-order valence-electron chi connectivity index (χ1n) is 6.20. The summed E-state index contributed by atoms with van der Waals surface area (Å²) in [4.78, 5) is 1.23. The van der Waals surface area contributed by atoms with Gasteiger partial charge in [0.15, 0.2) is 11.5 Å². The minimum atomic E-state index is 0.254. The van der Waals surface area contributed by atoms with E-state index in [1.165, 1.54) is 4.88 Å². The van der Waals surface area contributed by atoms with E-state index >= 15 is 0 Å². The molecule has 0 aliphatic carbocycles. The van der Waals surface area contributed by atoms with E-state index in [2.05, 4.69) is 34.2 Å². The fourth-order valence-electron chi connectivity index (χ4n) is 2.02. The number of nitrogens with one attached hydrogen (secondary N) is 1. The van der Waals surface area contributed by atoms with Crippen molar-refractivity contribution in [1.29, 1.82) is 0 Å². The van der Waals surface area contributed by atoms with Crippen LogP contribution in [0.1, 0.15) is 23.4 Å². The van der Waals surface area contributed by atoms with Gasteiger partial charge >= 0.3 is 0 Å².